The van der Waals surface area contributed by atoms with Gasteiger partial charge in [-0.1, -0.05) is 13.8 Å². The summed E-state index contributed by atoms with van der Waals surface area (Å²) in [5.74, 6) is -0.164. The van der Waals surface area contributed by atoms with Gasteiger partial charge in [-0.15, -0.1) is 0 Å². The number of ether oxygens (including phenoxy) is 1. The first kappa shape index (κ1) is 20.2. The van der Waals surface area contributed by atoms with E-state index in [1.165, 1.54) is 0 Å². The molecule has 6 nitrogen and oxygen atoms in total. The zero-order valence-electron chi connectivity index (χ0n) is 16.3. The topological polar surface area (TPSA) is 61.9 Å². The molecule has 1 amide bonds. The first-order valence-corrected chi connectivity index (χ1v) is 9.87. The smallest absolute Gasteiger partial charge is 0.310 e. The minimum Gasteiger partial charge on any atom is -0.466 e. The van der Waals surface area contributed by atoms with Gasteiger partial charge < -0.3 is 15.0 Å². The van der Waals surface area contributed by atoms with Crippen LogP contribution >= 0.6 is 0 Å². The fourth-order valence-electron chi connectivity index (χ4n) is 3.98. The first-order chi connectivity index (χ1) is 11.9. The summed E-state index contributed by atoms with van der Waals surface area (Å²) in [5.41, 5.74) is 0. The molecule has 0 saturated carbocycles. The van der Waals surface area contributed by atoms with E-state index in [1.54, 1.807) is 0 Å². The van der Waals surface area contributed by atoms with Crippen molar-refractivity contribution in [2.24, 2.45) is 5.92 Å². The monoisotopic (exact) mass is 353 g/mol. The molecule has 1 N–H and O–H groups in total. The minimum absolute atomic E-state index is 0.110. The van der Waals surface area contributed by atoms with Gasteiger partial charge in [0.1, 0.15) is 0 Å². The number of hydrogen-bond acceptors (Lipinski definition) is 5. The van der Waals surface area contributed by atoms with Crippen LogP contribution in [-0.4, -0.2) is 72.6 Å². The molecule has 2 atom stereocenters. The molecule has 2 saturated heterocycles. The third kappa shape index (κ3) is 5.68. The molecule has 0 bridgehead atoms. The maximum absolute atomic E-state index is 12.9. The van der Waals surface area contributed by atoms with Gasteiger partial charge in [-0.3, -0.25) is 14.5 Å². The Morgan fingerprint density at radius 2 is 1.80 bits per heavy atom. The molecular formula is C19H35N3O3. The zero-order valence-corrected chi connectivity index (χ0v) is 16.3. The van der Waals surface area contributed by atoms with E-state index in [1.807, 2.05) is 18.7 Å². The minimum atomic E-state index is -0.161. The van der Waals surface area contributed by atoms with Gasteiger partial charge in [-0.25, -0.2) is 0 Å². The van der Waals surface area contributed by atoms with E-state index in [0.29, 0.717) is 25.2 Å². The number of carbonyl (C=O) groups excluding carboxylic acids is 2. The van der Waals surface area contributed by atoms with Crippen LogP contribution in [-0.2, 0) is 14.3 Å². The SMILES string of the molecule is CCOC(=O)C1CCCN(C(=O)C(C)N2CCC(NC(C)C)CC2)C1. The Hall–Kier alpha value is -1.14. The highest BCUT2D eigenvalue weighted by atomic mass is 16.5. The molecule has 0 aromatic rings. The van der Waals surface area contributed by atoms with Gasteiger partial charge in [0.25, 0.3) is 0 Å². The lowest BCUT2D eigenvalue weighted by Gasteiger charge is -2.39. The number of nitrogens with one attached hydrogen (secondary N) is 1. The Morgan fingerprint density at radius 3 is 2.40 bits per heavy atom. The lowest BCUT2D eigenvalue weighted by molar-refractivity contribution is -0.152. The normalized spacial score (nSPS) is 24.4. The fourth-order valence-corrected chi connectivity index (χ4v) is 3.98. The van der Waals surface area contributed by atoms with Crippen molar-refractivity contribution in [2.45, 2.75) is 71.5 Å². The Labute approximate surface area is 152 Å². The van der Waals surface area contributed by atoms with Crippen molar-refractivity contribution in [1.29, 1.82) is 0 Å². The van der Waals surface area contributed by atoms with Crippen LogP contribution in [0.1, 0.15) is 53.4 Å². The predicted molar refractivity (Wildman–Crippen MR) is 98.3 cm³/mol. The van der Waals surface area contributed by atoms with Crippen LogP contribution in [0, 0.1) is 5.92 Å². The summed E-state index contributed by atoms with van der Waals surface area (Å²) in [6.07, 6.45) is 3.87. The van der Waals surface area contributed by atoms with Gasteiger partial charge in [-0.05, 0) is 39.5 Å². The lowest BCUT2D eigenvalue weighted by atomic mass is 9.97. The van der Waals surface area contributed by atoms with Crippen molar-refractivity contribution >= 4 is 11.9 Å². The second kappa shape index (κ2) is 9.53. The van der Waals surface area contributed by atoms with Gasteiger partial charge in [0.2, 0.25) is 5.91 Å². The van der Waals surface area contributed by atoms with Crippen molar-refractivity contribution in [3.05, 3.63) is 0 Å². The third-order valence-corrected chi connectivity index (χ3v) is 5.36. The van der Waals surface area contributed by atoms with Gasteiger partial charge >= 0.3 is 5.97 Å². The summed E-state index contributed by atoms with van der Waals surface area (Å²) in [6.45, 7) is 11.7. The standard InChI is InChI=1S/C19H35N3O3/c1-5-25-19(24)16-7-6-10-22(13-16)18(23)15(4)21-11-8-17(9-12-21)20-14(2)3/h14-17,20H,5-13H2,1-4H3. The quantitative estimate of drug-likeness (QED) is 0.736. The molecule has 25 heavy (non-hydrogen) atoms. The average molecular weight is 354 g/mol. The number of likely N-dealkylation sites (tertiary alicyclic amines) is 2. The second-order valence-corrected chi connectivity index (χ2v) is 7.68. The molecular weight excluding hydrogens is 318 g/mol. The lowest BCUT2D eigenvalue weighted by Crippen LogP contribution is -2.54. The van der Waals surface area contributed by atoms with Crippen molar-refractivity contribution in [1.82, 2.24) is 15.1 Å². The number of piperidine rings is 2. The van der Waals surface area contributed by atoms with Gasteiger partial charge in [-0.2, -0.15) is 0 Å². The summed E-state index contributed by atoms with van der Waals surface area (Å²) in [5, 5.41) is 3.59. The van der Waals surface area contributed by atoms with E-state index in [0.717, 1.165) is 45.3 Å². The molecule has 0 radical (unpaired) electrons. The molecule has 6 heteroatoms. The second-order valence-electron chi connectivity index (χ2n) is 7.68. The molecule has 2 unspecified atom stereocenters. The summed E-state index contributed by atoms with van der Waals surface area (Å²) in [6, 6.07) is 0.950. The zero-order chi connectivity index (χ0) is 18.4. The van der Waals surface area contributed by atoms with Crippen LogP contribution in [0.2, 0.25) is 0 Å². The van der Waals surface area contributed by atoms with E-state index in [9.17, 15) is 9.59 Å². The fraction of sp³-hybridized carbons (Fsp3) is 0.895. The molecule has 0 aliphatic carbocycles. The molecule has 0 spiro atoms. The van der Waals surface area contributed by atoms with Crippen LogP contribution in [0.25, 0.3) is 0 Å². The van der Waals surface area contributed by atoms with E-state index in [2.05, 4.69) is 24.1 Å². The highest BCUT2D eigenvalue weighted by Crippen LogP contribution is 2.21. The first-order valence-electron chi connectivity index (χ1n) is 9.87. The molecule has 2 heterocycles. The van der Waals surface area contributed by atoms with Crippen LogP contribution < -0.4 is 5.32 Å². The molecule has 2 aliphatic rings. The van der Waals surface area contributed by atoms with Crippen LogP contribution in [0.3, 0.4) is 0 Å². The number of rotatable bonds is 6. The number of nitrogens with zero attached hydrogens (tertiary/aromatic N) is 2. The number of esters is 1. The predicted octanol–water partition coefficient (Wildman–Crippen LogP) is 1.64. The molecule has 144 valence electrons. The molecule has 2 aliphatic heterocycles. The Kier molecular flexibility index (Phi) is 7.69. The van der Waals surface area contributed by atoms with E-state index in [4.69, 9.17) is 4.74 Å². The van der Waals surface area contributed by atoms with E-state index < -0.39 is 0 Å². The Bertz CT molecular complexity index is 447. The van der Waals surface area contributed by atoms with E-state index in [-0.39, 0.29) is 23.8 Å². The summed E-state index contributed by atoms with van der Waals surface area (Å²) >= 11 is 0. The number of carbonyl (C=O) groups is 2. The van der Waals surface area contributed by atoms with Crippen LogP contribution in [0.5, 0.6) is 0 Å². The van der Waals surface area contributed by atoms with E-state index >= 15 is 0 Å². The van der Waals surface area contributed by atoms with Gasteiger partial charge in [0.15, 0.2) is 0 Å². The third-order valence-electron chi connectivity index (χ3n) is 5.36. The molecule has 0 aromatic carbocycles. The van der Waals surface area contributed by atoms with Crippen molar-refractivity contribution in [2.75, 3.05) is 32.8 Å². The number of hydrogen-bond donors (Lipinski definition) is 1. The van der Waals surface area contributed by atoms with Crippen LogP contribution in [0.15, 0.2) is 0 Å². The molecule has 0 aromatic heterocycles. The molecule has 2 fully saturated rings. The largest absolute Gasteiger partial charge is 0.466 e. The highest BCUT2D eigenvalue weighted by Gasteiger charge is 2.34. The van der Waals surface area contributed by atoms with Crippen molar-refractivity contribution < 1.29 is 14.3 Å². The number of amides is 1. The Balaban J connectivity index is 1.84. The summed E-state index contributed by atoms with van der Waals surface area (Å²) in [4.78, 5) is 29.0. The summed E-state index contributed by atoms with van der Waals surface area (Å²) < 4.78 is 5.14. The van der Waals surface area contributed by atoms with Crippen molar-refractivity contribution in [3.8, 4) is 0 Å². The van der Waals surface area contributed by atoms with Gasteiger partial charge in [0.05, 0.1) is 18.6 Å². The molecule has 2 rings (SSSR count). The van der Waals surface area contributed by atoms with Crippen LogP contribution in [0.4, 0.5) is 0 Å². The highest BCUT2D eigenvalue weighted by molar-refractivity contribution is 5.82. The van der Waals surface area contributed by atoms with Gasteiger partial charge in [0, 0.05) is 38.3 Å². The maximum atomic E-state index is 12.9. The maximum Gasteiger partial charge on any atom is 0.310 e. The average Bonchev–Trinajstić information content (AvgIpc) is 2.61. The Morgan fingerprint density at radius 1 is 1.12 bits per heavy atom. The van der Waals surface area contributed by atoms with Crippen molar-refractivity contribution in [3.63, 3.8) is 0 Å². The summed E-state index contributed by atoms with van der Waals surface area (Å²) in [7, 11) is 0.